The van der Waals surface area contributed by atoms with Crippen LogP contribution < -0.4 is 4.90 Å². The first-order valence-electron chi connectivity index (χ1n) is 9.07. The second-order valence-corrected chi connectivity index (χ2v) is 7.20. The maximum atomic E-state index is 14.1. The second kappa shape index (κ2) is 9.32. The lowest BCUT2D eigenvalue weighted by Gasteiger charge is -2.19. The Bertz CT molecular complexity index is 956. The van der Waals surface area contributed by atoms with Crippen molar-refractivity contribution >= 4 is 28.7 Å². The first-order chi connectivity index (χ1) is 13.6. The van der Waals surface area contributed by atoms with Gasteiger partial charge in [0.15, 0.2) is 0 Å². The van der Waals surface area contributed by atoms with Crippen molar-refractivity contribution in [2.45, 2.75) is 26.2 Å². The topological polar surface area (TPSA) is 63.2 Å². The van der Waals surface area contributed by atoms with Gasteiger partial charge in [0.25, 0.3) is 5.91 Å². The molecular formula is C21H20FN3O2S. The number of anilines is 1. The van der Waals surface area contributed by atoms with Gasteiger partial charge >= 0.3 is 0 Å². The molecule has 0 bridgehead atoms. The molecule has 1 aromatic heterocycles. The van der Waals surface area contributed by atoms with Gasteiger partial charge in [-0.1, -0.05) is 61.1 Å². The molecule has 0 atom stereocenters. The molecule has 0 N–H and O–H groups in total. The minimum absolute atomic E-state index is 0.0218. The molecule has 0 saturated carbocycles. The largest absolute Gasteiger partial charge is 0.303 e. The summed E-state index contributed by atoms with van der Waals surface area (Å²) in [6, 6.07) is 13.4. The zero-order valence-electron chi connectivity index (χ0n) is 15.5. The molecule has 3 rings (SSSR count). The molecule has 0 unspecified atom stereocenters. The number of carbonyl (C=O) groups is 2. The Hall–Kier alpha value is -2.93. The number of hydrogen-bond donors (Lipinski definition) is 0. The lowest BCUT2D eigenvalue weighted by Crippen LogP contribution is -2.32. The highest BCUT2D eigenvalue weighted by Gasteiger charge is 2.23. The van der Waals surface area contributed by atoms with Crippen LogP contribution in [0.3, 0.4) is 0 Å². The average Bonchev–Trinajstić information content (AvgIpc) is 3.19. The van der Waals surface area contributed by atoms with Gasteiger partial charge in [0, 0.05) is 18.5 Å². The Labute approximate surface area is 166 Å². The third-order valence-electron chi connectivity index (χ3n) is 4.25. The van der Waals surface area contributed by atoms with E-state index in [1.54, 1.807) is 12.1 Å². The summed E-state index contributed by atoms with van der Waals surface area (Å²) < 4.78 is 14.1. The van der Waals surface area contributed by atoms with Crippen LogP contribution >= 0.6 is 11.3 Å². The third-order valence-corrected chi connectivity index (χ3v) is 5.25. The van der Waals surface area contributed by atoms with Gasteiger partial charge in [0.05, 0.1) is 5.56 Å². The number of halogens is 1. The predicted octanol–water partition coefficient (Wildman–Crippen LogP) is 4.53. The lowest BCUT2D eigenvalue weighted by molar-refractivity contribution is -0.107. The van der Waals surface area contributed by atoms with Crippen LogP contribution in [-0.2, 0) is 11.2 Å². The molecule has 7 heteroatoms. The first kappa shape index (κ1) is 19.8. The molecule has 1 heterocycles. The average molecular weight is 397 g/mol. The van der Waals surface area contributed by atoms with Gasteiger partial charge in [-0.25, -0.2) is 4.39 Å². The van der Waals surface area contributed by atoms with Crippen LogP contribution in [0.25, 0.3) is 10.6 Å². The summed E-state index contributed by atoms with van der Waals surface area (Å²) >= 11 is 1.28. The van der Waals surface area contributed by atoms with Gasteiger partial charge < -0.3 is 4.79 Å². The Morgan fingerprint density at radius 1 is 1.14 bits per heavy atom. The van der Waals surface area contributed by atoms with Crippen LogP contribution in [0.15, 0.2) is 48.5 Å². The molecule has 28 heavy (non-hydrogen) atoms. The highest BCUT2D eigenvalue weighted by atomic mass is 32.1. The van der Waals surface area contributed by atoms with Crippen LogP contribution in [0.2, 0.25) is 0 Å². The molecule has 0 fully saturated rings. The molecule has 0 saturated heterocycles. The van der Waals surface area contributed by atoms with Crippen molar-refractivity contribution in [3.05, 3.63) is 65.5 Å². The molecule has 0 spiro atoms. The van der Waals surface area contributed by atoms with Gasteiger partial charge in [-0.05, 0) is 24.1 Å². The minimum Gasteiger partial charge on any atom is -0.303 e. The molecule has 2 aromatic carbocycles. The van der Waals surface area contributed by atoms with Crippen LogP contribution in [-0.4, -0.2) is 28.9 Å². The van der Waals surface area contributed by atoms with Crippen LogP contribution in [0.4, 0.5) is 9.52 Å². The summed E-state index contributed by atoms with van der Waals surface area (Å²) in [5, 5.41) is 9.48. The van der Waals surface area contributed by atoms with E-state index in [0.29, 0.717) is 23.1 Å². The predicted molar refractivity (Wildman–Crippen MR) is 108 cm³/mol. The quantitative estimate of drug-likeness (QED) is 0.524. The summed E-state index contributed by atoms with van der Waals surface area (Å²) in [5.41, 5.74) is 1.79. The van der Waals surface area contributed by atoms with E-state index in [-0.39, 0.29) is 5.56 Å². The molecular weight excluding hydrogens is 377 g/mol. The Morgan fingerprint density at radius 3 is 2.57 bits per heavy atom. The first-order valence-corrected chi connectivity index (χ1v) is 9.88. The summed E-state index contributed by atoms with van der Waals surface area (Å²) in [4.78, 5) is 25.0. The summed E-state index contributed by atoms with van der Waals surface area (Å²) in [6.07, 6.45) is 2.89. The van der Waals surface area contributed by atoms with Crippen molar-refractivity contribution < 1.29 is 14.0 Å². The van der Waals surface area contributed by atoms with E-state index in [1.165, 1.54) is 28.4 Å². The lowest BCUT2D eigenvalue weighted by atomic mass is 10.1. The van der Waals surface area contributed by atoms with E-state index in [4.69, 9.17) is 0 Å². The van der Waals surface area contributed by atoms with E-state index < -0.39 is 11.7 Å². The summed E-state index contributed by atoms with van der Waals surface area (Å²) in [7, 11) is 0. The molecule has 144 valence electrons. The molecule has 0 aliphatic carbocycles. The minimum atomic E-state index is -0.551. The molecule has 1 amide bonds. The van der Waals surface area contributed by atoms with Gasteiger partial charge in [-0.15, -0.1) is 10.2 Å². The van der Waals surface area contributed by atoms with Crippen molar-refractivity contribution in [3.63, 3.8) is 0 Å². The highest BCUT2D eigenvalue weighted by molar-refractivity contribution is 7.18. The monoisotopic (exact) mass is 397 g/mol. The molecule has 0 aliphatic heterocycles. The zero-order chi connectivity index (χ0) is 19.9. The number of unbranched alkanes of at least 4 members (excludes halogenated alkanes) is 1. The summed E-state index contributed by atoms with van der Waals surface area (Å²) in [5.74, 6) is -0.972. The highest BCUT2D eigenvalue weighted by Crippen LogP contribution is 2.30. The van der Waals surface area contributed by atoms with Gasteiger partial charge in [0.2, 0.25) is 5.13 Å². The number of hydrogen-bond acceptors (Lipinski definition) is 5. The normalized spacial score (nSPS) is 10.6. The smallest absolute Gasteiger partial charge is 0.263 e. The number of amides is 1. The number of nitrogens with zero attached hydrogens (tertiary/aromatic N) is 3. The third kappa shape index (κ3) is 4.48. The fourth-order valence-corrected chi connectivity index (χ4v) is 3.58. The van der Waals surface area contributed by atoms with Crippen LogP contribution in [0.5, 0.6) is 0 Å². The van der Waals surface area contributed by atoms with Crippen LogP contribution in [0.1, 0.15) is 35.7 Å². The molecule has 3 aromatic rings. The second-order valence-electron chi connectivity index (χ2n) is 6.25. The van der Waals surface area contributed by atoms with Gasteiger partial charge in [-0.2, -0.15) is 0 Å². The van der Waals surface area contributed by atoms with Crippen molar-refractivity contribution in [1.29, 1.82) is 0 Å². The van der Waals surface area contributed by atoms with Crippen molar-refractivity contribution in [2.24, 2.45) is 0 Å². The maximum Gasteiger partial charge on any atom is 0.263 e. The van der Waals surface area contributed by atoms with E-state index in [9.17, 15) is 14.0 Å². The summed E-state index contributed by atoms with van der Waals surface area (Å²) in [6.45, 7) is 2.47. The number of benzene rings is 2. The SMILES string of the molecule is CCCCN(C(=O)c1ccccc1F)c1nnc(-c2ccc(CC=O)cc2)s1. The van der Waals surface area contributed by atoms with Crippen molar-refractivity contribution in [3.8, 4) is 10.6 Å². The Balaban J connectivity index is 1.88. The standard InChI is InChI=1S/C21H20FN3O2S/c1-2-3-13-25(20(27)17-6-4-5-7-18(17)22)21-24-23-19(28-21)16-10-8-15(9-11-16)12-14-26/h4-11,14H,2-3,12-13H2,1H3. The Kier molecular flexibility index (Phi) is 6.60. The van der Waals surface area contributed by atoms with Gasteiger partial charge in [-0.3, -0.25) is 9.69 Å². The fourth-order valence-electron chi connectivity index (χ4n) is 2.70. The van der Waals surface area contributed by atoms with Crippen molar-refractivity contribution in [1.82, 2.24) is 10.2 Å². The Morgan fingerprint density at radius 2 is 1.89 bits per heavy atom. The molecule has 5 nitrogen and oxygen atoms in total. The number of aldehydes is 1. The maximum absolute atomic E-state index is 14.1. The number of aromatic nitrogens is 2. The van der Waals surface area contributed by atoms with E-state index >= 15 is 0 Å². The molecule has 0 radical (unpaired) electrons. The number of carbonyl (C=O) groups excluding carboxylic acids is 2. The van der Waals surface area contributed by atoms with E-state index in [0.717, 1.165) is 30.3 Å². The van der Waals surface area contributed by atoms with Gasteiger partial charge in [0.1, 0.15) is 17.1 Å². The van der Waals surface area contributed by atoms with E-state index in [1.807, 2.05) is 31.2 Å². The van der Waals surface area contributed by atoms with Crippen LogP contribution in [0, 0.1) is 5.82 Å². The fraction of sp³-hybridized carbons (Fsp3) is 0.238. The van der Waals surface area contributed by atoms with Crippen molar-refractivity contribution in [2.75, 3.05) is 11.4 Å². The molecule has 0 aliphatic rings. The van der Waals surface area contributed by atoms with E-state index in [2.05, 4.69) is 10.2 Å². The number of rotatable bonds is 8. The zero-order valence-corrected chi connectivity index (χ0v) is 16.3.